The number of guanidine groups is 1. The minimum atomic E-state index is 0.523. The predicted molar refractivity (Wildman–Crippen MR) is 117 cm³/mol. The van der Waals surface area contributed by atoms with Gasteiger partial charge in [0.25, 0.3) is 0 Å². The summed E-state index contributed by atoms with van der Waals surface area (Å²) in [6, 6.07) is 12.1. The van der Waals surface area contributed by atoms with Gasteiger partial charge >= 0.3 is 0 Å². The Labute approximate surface area is 171 Å². The quantitative estimate of drug-likeness (QED) is 0.474. The van der Waals surface area contributed by atoms with E-state index < -0.39 is 0 Å². The number of nitrogens with zero attached hydrogens (tertiary/aromatic N) is 4. The number of aryl methyl sites for hydroxylation is 1. The largest absolute Gasteiger partial charge is 0.444 e. The third-order valence-corrected chi connectivity index (χ3v) is 4.33. The number of pyridine rings is 1. The second kappa shape index (κ2) is 9.73. The maximum Gasteiger partial charge on any atom is 0.226 e. The first kappa shape index (κ1) is 20.4. The summed E-state index contributed by atoms with van der Waals surface area (Å²) in [7, 11) is 3.96. The SMILES string of the molecule is CCNC(=NCc1cccnc1N(C)C)NCc1coc(-c2ccc(C)cc2)n1. The van der Waals surface area contributed by atoms with Gasteiger partial charge in [0.2, 0.25) is 5.89 Å². The van der Waals surface area contributed by atoms with Gasteiger partial charge in [0.05, 0.1) is 18.8 Å². The van der Waals surface area contributed by atoms with E-state index >= 15 is 0 Å². The van der Waals surface area contributed by atoms with Crippen molar-refractivity contribution in [3.05, 3.63) is 65.7 Å². The Kier molecular flexibility index (Phi) is 6.84. The van der Waals surface area contributed by atoms with E-state index in [-0.39, 0.29) is 0 Å². The van der Waals surface area contributed by atoms with Crippen molar-refractivity contribution in [1.29, 1.82) is 0 Å². The number of aliphatic imine (C=N–C) groups is 1. The molecule has 0 amide bonds. The van der Waals surface area contributed by atoms with Crippen LogP contribution in [0.2, 0.25) is 0 Å². The zero-order valence-corrected chi connectivity index (χ0v) is 17.4. The van der Waals surface area contributed by atoms with Crippen LogP contribution < -0.4 is 15.5 Å². The van der Waals surface area contributed by atoms with E-state index in [1.807, 2.05) is 62.3 Å². The van der Waals surface area contributed by atoms with Crippen molar-refractivity contribution in [1.82, 2.24) is 20.6 Å². The van der Waals surface area contributed by atoms with Crippen LogP contribution in [0.5, 0.6) is 0 Å². The molecule has 0 saturated carbocycles. The van der Waals surface area contributed by atoms with Gasteiger partial charge in [-0.15, -0.1) is 0 Å². The Hall–Kier alpha value is -3.35. The van der Waals surface area contributed by atoms with E-state index in [1.54, 1.807) is 12.5 Å². The second-order valence-electron chi connectivity index (χ2n) is 6.94. The van der Waals surface area contributed by atoms with Crippen molar-refractivity contribution in [2.75, 3.05) is 25.5 Å². The molecule has 0 spiro atoms. The van der Waals surface area contributed by atoms with E-state index in [1.165, 1.54) is 5.56 Å². The maximum absolute atomic E-state index is 5.63. The molecule has 7 heteroatoms. The Bertz CT molecular complexity index is 946. The van der Waals surface area contributed by atoms with Crippen molar-refractivity contribution in [2.45, 2.75) is 26.9 Å². The monoisotopic (exact) mass is 392 g/mol. The lowest BCUT2D eigenvalue weighted by atomic mass is 10.1. The highest BCUT2D eigenvalue weighted by Crippen LogP contribution is 2.19. The molecule has 152 valence electrons. The summed E-state index contributed by atoms with van der Waals surface area (Å²) in [5.74, 6) is 2.27. The molecule has 7 nitrogen and oxygen atoms in total. The number of hydrogen-bond acceptors (Lipinski definition) is 5. The number of anilines is 1. The topological polar surface area (TPSA) is 78.6 Å². The second-order valence-corrected chi connectivity index (χ2v) is 6.94. The summed E-state index contributed by atoms with van der Waals surface area (Å²) in [5.41, 5.74) is 4.06. The maximum atomic E-state index is 5.63. The smallest absolute Gasteiger partial charge is 0.226 e. The molecule has 2 aromatic heterocycles. The summed E-state index contributed by atoms with van der Waals surface area (Å²) >= 11 is 0. The van der Waals surface area contributed by atoms with Gasteiger partial charge in [0.1, 0.15) is 12.1 Å². The molecule has 0 radical (unpaired) electrons. The van der Waals surface area contributed by atoms with Crippen molar-refractivity contribution in [2.24, 2.45) is 4.99 Å². The molecule has 0 aliphatic carbocycles. The molecule has 0 saturated heterocycles. The summed E-state index contributed by atoms with van der Waals surface area (Å²) in [6.45, 7) is 5.92. The third-order valence-electron chi connectivity index (χ3n) is 4.33. The van der Waals surface area contributed by atoms with Gasteiger partial charge < -0.3 is 20.0 Å². The average molecular weight is 393 g/mol. The van der Waals surface area contributed by atoms with Gasteiger partial charge in [0, 0.05) is 38.0 Å². The fraction of sp³-hybridized carbons (Fsp3) is 0.318. The lowest BCUT2D eigenvalue weighted by Crippen LogP contribution is -2.36. The van der Waals surface area contributed by atoms with E-state index in [9.17, 15) is 0 Å². The van der Waals surface area contributed by atoms with Crippen LogP contribution in [0, 0.1) is 6.92 Å². The van der Waals surface area contributed by atoms with E-state index in [4.69, 9.17) is 4.42 Å². The molecule has 3 aromatic rings. The summed E-state index contributed by atoms with van der Waals surface area (Å²) in [6.07, 6.45) is 3.47. The summed E-state index contributed by atoms with van der Waals surface area (Å²) in [5, 5.41) is 6.58. The van der Waals surface area contributed by atoms with Crippen LogP contribution >= 0.6 is 0 Å². The minimum absolute atomic E-state index is 0.523. The molecule has 2 N–H and O–H groups in total. The highest BCUT2D eigenvalue weighted by Gasteiger charge is 2.08. The molecule has 0 bridgehead atoms. The summed E-state index contributed by atoms with van der Waals surface area (Å²) < 4.78 is 5.63. The fourth-order valence-electron chi connectivity index (χ4n) is 2.85. The number of aromatic nitrogens is 2. The van der Waals surface area contributed by atoms with Gasteiger partial charge in [-0.25, -0.2) is 15.0 Å². The van der Waals surface area contributed by atoms with Crippen LogP contribution in [-0.2, 0) is 13.1 Å². The number of benzene rings is 1. The highest BCUT2D eigenvalue weighted by atomic mass is 16.3. The molecule has 0 atom stereocenters. The molecule has 0 aliphatic heterocycles. The van der Waals surface area contributed by atoms with Crippen LogP contribution in [0.1, 0.15) is 23.7 Å². The molecule has 0 fully saturated rings. The van der Waals surface area contributed by atoms with Crippen LogP contribution in [-0.4, -0.2) is 36.6 Å². The average Bonchev–Trinajstić information content (AvgIpc) is 3.20. The van der Waals surface area contributed by atoms with Crippen LogP contribution in [0.15, 0.2) is 58.3 Å². The number of rotatable bonds is 7. The lowest BCUT2D eigenvalue weighted by molar-refractivity contribution is 0.572. The third kappa shape index (κ3) is 5.57. The Morgan fingerprint density at radius 2 is 1.93 bits per heavy atom. The van der Waals surface area contributed by atoms with Gasteiger partial charge in [-0.2, -0.15) is 0 Å². The first-order chi connectivity index (χ1) is 14.1. The van der Waals surface area contributed by atoms with Crippen molar-refractivity contribution in [3.8, 4) is 11.5 Å². The number of nitrogens with one attached hydrogen (secondary N) is 2. The first-order valence-corrected chi connectivity index (χ1v) is 9.71. The predicted octanol–water partition coefficient (Wildman–Crippen LogP) is 3.37. The van der Waals surface area contributed by atoms with Gasteiger partial charge in [-0.05, 0) is 32.0 Å². The molecule has 0 aliphatic rings. The minimum Gasteiger partial charge on any atom is -0.444 e. The molecular weight excluding hydrogens is 364 g/mol. The molecule has 2 heterocycles. The Balaban J connectivity index is 1.65. The Morgan fingerprint density at radius 1 is 1.14 bits per heavy atom. The van der Waals surface area contributed by atoms with Crippen LogP contribution in [0.4, 0.5) is 5.82 Å². The molecular formula is C22H28N6O. The molecule has 0 unspecified atom stereocenters. The van der Waals surface area contributed by atoms with Crippen molar-refractivity contribution in [3.63, 3.8) is 0 Å². The Morgan fingerprint density at radius 3 is 2.66 bits per heavy atom. The van der Waals surface area contributed by atoms with Crippen molar-refractivity contribution >= 4 is 11.8 Å². The molecule has 29 heavy (non-hydrogen) atoms. The summed E-state index contributed by atoms with van der Waals surface area (Å²) in [4.78, 5) is 15.7. The highest BCUT2D eigenvalue weighted by molar-refractivity contribution is 5.79. The van der Waals surface area contributed by atoms with Gasteiger partial charge in [-0.3, -0.25) is 0 Å². The zero-order valence-electron chi connectivity index (χ0n) is 17.4. The zero-order chi connectivity index (χ0) is 20.6. The van der Waals surface area contributed by atoms with E-state index in [2.05, 4.69) is 32.5 Å². The normalized spacial score (nSPS) is 11.4. The number of oxazole rings is 1. The van der Waals surface area contributed by atoms with Gasteiger partial charge in [-0.1, -0.05) is 23.8 Å². The van der Waals surface area contributed by atoms with Gasteiger partial charge in [0.15, 0.2) is 5.96 Å². The molecule has 3 rings (SSSR count). The van der Waals surface area contributed by atoms with Crippen LogP contribution in [0.25, 0.3) is 11.5 Å². The lowest BCUT2D eigenvalue weighted by Gasteiger charge is -2.15. The van der Waals surface area contributed by atoms with E-state index in [0.717, 1.165) is 35.1 Å². The fourth-order valence-corrected chi connectivity index (χ4v) is 2.85. The number of hydrogen-bond donors (Lipinski definition) is 2. The van der Waals surface area contributed by atoms with E-state index in [0.29, 0.717) is 19.0 Å². The first-order valence-electron chi connectivity index (χ1n) is 9.71. The standard InChI is InChI=1S/C22H28N6O/c1-5-23-22(25-13-18-7-6-12-24-20(18)28(3)4)26-14-19-15-29-21(27-19)17-10-8-16(2)9-11-17/h6-12,15H,5,13-14H2,1-4H3,(H2,23,25,26). The van der Waals surface area contributed by atoms with Crippen molar-refractivity contribution < 1.29 is 4.42 Å². The molecule has 1 aromatic carbocycles. The van der Waals surface area contributed by atoms with Crippen LogP contribution in [0.3, 0.4) is 0 Å².